The van der Waals surface area contributed by atoms with Crippen LogP contribution in [-0.2, 0) is 9.84 Å². The van der Waals surface area contributed by atoms with Crippen LogP contribution in [0, 0.1) is 11.7 Å². The first-order valence-corrected chi connectivity index (χ1v) is 10.9. The number of nitrogens with zero attached hydrogens (tertiary/aromatic N) is 1. The number of carbonyl (C=O) groups excluding carboxylic acids is 1. The normalized spacial score (nSPS) is 17.0. The lowest BCUT2D eigenvalue weighted by molar-refractivity contribution is -0.0584. The van der Waals surface area contributed by atoms with E-state index in [4.69, 9.17) is 0 Å². The lowest BCUT2D eigenvalue weighted by atomic mass is 9.91. The molecule has 28 heavy (non-hydrogen) atoms. The summed E-state index contributed by atoms with van der Waals surface area (Å²) >= 11 is 0. The molecular weight excluding hydrogens is 393 g/mol. The summed E-state index contributed by atoms with van der Waals surface area (Å²) in [5, 5.41) is 3.65. The van der Waals surface area contributed by atoms with Gasteiger partial charge in [0.1, 0.15) is 5.82 Å². The molecule has 0 aliphatic carbocycles. The van der Waals surface area contributed by atoms with Gasteiger partial charge in [0.05, 0.1) is 0 Å². The van der Waals surface area contributed by atoms with Crippen LogP contribution in [0.1, 0.15) is 28.1 Å². The van der Waals surface area contributed by atoms with Crippen molar-refractivity contribution in [1.82, 2.24) is 10.2 Å². The van der Waals surface area contributed by atoms with E-state index in [0.717, 1.165) is 18.6 Å². The second-order valence-electron chi connectivity index (χ2n) is 6.91. The minimum absolute atomic E-state index is 0. The van der Waals surface area contributed by atoms with Crippen molar-refractivity contribution in [3.8, 4) is 0 Å². The number of likely N-dealkylation sites (tertiary alicyclic amines) is 1. The van der Waals surface area contributed by atoms with Gasteiger partial charge in [0.2, 0.25) is 5.92 Å². The molecule has 1 aliphatic heterocycles. The fourth-order valence-electron chi connectivity index (χ4n) is 2.60. The van der Waals surface area contributed by atoms with E-state index in [1.165, 1.54) is 23.1 Å². The third-order valence-corrected chi connectivity index (χ3v) is 4.85. The first-order valence-electron chi connectivity index (χ1n) is 8.90. The lowest BCUT2D eigenvalue weighted by Crippen LogP contribution is -2.48. The molecule has 1 saturated heterocycles. The van der Waals surface area contributed by atoms with Gasteiger partial charge in [-0.15, -0.1) is 0 Å². The standard InChI is InChI=1S/C13H22F2N2O3S.C6H5F.H2/c1-10(6-9-21(3,19)20)16-12(18)17-7-4-11(5-8-17)13(2,14)15;7-6-4-2-1-3-5-6;/h6,9-11H,4-5,7-8H2,1-3H3,(H,16,18);1-5H;1H/b9-6+;;/t10-;;/m0../s1. The fourth-order valence-corrected chi connectivity index (χ4v) is 3.12. The third-order valence-electron chi connectivity index (χ3n) is 4.20. The molecular formula is C19H29F3N2O3S. The van der Waals surface area contributed by atoms with E-state index in [1.807, 2.05) is 0 Å². The summed E-state index contributed by atoms with van der Waals surface area (Å²) < 4.78 is 60.2. The minimum atomic E-state index is -3.23. The molecule has 1 aliphatic rings. The zero-order valence-electron chi connectivity index (χ0n) is 16.2. The van der Waals surface area contributed by atoms with Crippen LogP contribution in [0.4, 0.5) is 18.0 Å². The van der Waals surface area contributed by atoms with Gasteiger partial charge in [-0.1, -0.05) is 24.3 Å². The van der Waals surface area contributed by atoms with Gasteiger partial charge in [-0.3, -0.25) is 0 Å². The van der Waals surface area contributed by atoms with Crippen LogP contribution in [0.2, 0.25) is 0 Å². The summed E-state index contributed by atoms with van der Waals surface area (Å²) in [6, 6.07) is 7.13. The summed E-state index contributed by atoms with van der Waals surface area (Å²) in [6.07, 6.45) is 2.98. The molecule has 1 aromatic carbocycles. The predicted octanol–water partition coefficient (Wildman–Crippen LogP) is 4.08. The van der Waals surface area contributed by atoms with E-state index < -0.39 is 27.7 Å². The Morgan fingerprint density at radius 3 is 2.21 bits per heavy atom. The van der Waals surface area contributed by atoms with Crippen molar-refractivity contribution in [1.29, 1.82) is 0 Å². The molecule has 0 unspecified atom stereocenters. The fraction of sp³-hybridized carbons (Fsp3) is 0.526. The maximum absolute atomic E-state index is 13.2. The first kappa shape index (κ1) is 24.0. The average molecular weight is 423 g/mol. The summed E-state index contributed by atoms with van der Waals surface area (Å²) in [7, 11) is -3.23. The van der Waals surface area contributed by atoms with Gasteiger partial charge in [0, 0.05) is 38.1 Å². The number of halogens is 3. The smallest absolute Gasteiger partial charge is 0.317 e. The van der Waals surface area contributed by atoms with Crippen molar-refractivity contribution in [3.05, 3.63) is 47.6 Å². The largest absolute Gasteiger partial charge is 0.332 e. The van der Waals surface area contributed by atoms with Gasteiger partial charge >= 0.3 is 6.03 Å². The van der Waals surface area contributed by atoms with Crippen LogP contribution in [0.5, 0.6) is 0 Å². The highest BCUT2D eigenvalue weighted by Crippen LogP contribution is 2.32. The van der Waals surface area contributed by atoms with Crippen molar-refractivity contribution in [2.75, 3.05) is 19.3 Å². The number of amides is 2. The van der Waals surface area contributed by atoms with Crippen LogP contribution in [0.3, 0.4) is 0 Å². The number of alkyl halides is 2. The van der Waals surface area contributed by atoms with Gasteiger partial charge in [0.25, 0.3) is 0 Å². The average Bonchev–Trinajstić information content (AvgIpc) is 2.60. The highest BCUT2D eigenvalue weighted by atomic mass is 32.2. The summed E-state index contributed by atoms with van der Waals surface area (Å²) in [4.78, 5) is 13.4. The Morgan fingerprint density at radius 1 is 1.29 bits per heavy atom. The number of piperidine rings is 1. The predicted molar refractivity (Wildman–Crippen MR) is 105 cm³/mol. The maximum Gasteiger partial charge on any atom is 0.317 e. The number of nitrogens with one attached hydrogen (secondary N) is 1. The van der Waals surface area contributed by atoms with E-state index in [2.05, 4.69) is 5.32 Å². The lowest BCUT2D eigenvalue weighted by Gasteiger charge is -2.34. The number of carbonyl (C=O) groups is 1. The Morgan fingerprint density at radius 2 is 1.82 bits per heavy atom. The van der Waals surface area contributed by atoms with E-state index in [0.29, 0.717) is 0 Å². The molecule has 0 saturated carbocycles. The molecule has 0 aromatic heterocycles. The Labute approximate surface area is 166 Å². The van der Waals surface area contributed by atoms with Crippen molar-refractivity contribution < 1.29 is 27.8 Å². The highest BCUT2D eigenvalue weighted by molar-refractivity contribution is 7.93. The number of rotatable bonds is 4. The molecule has 0 radical (unpaired) electrons. The highest BCUT2D eigenvalue weighted by Gasteiger charge is 2.37. The number of sulfone groups is 1. The minimum Gasteiger partial charge on any atom is -0.332 e. The van der Waals surface area contributed by atoms with Crippen LogP contribution in [-0.4, -0.2) is 50.7 Å². The molecule has 160 valence electrons. The Balaban J connectivity index is 0.000000824. The van der Waals surface area contributed by atoms with Crippen molar-refractivity contribution >= 4 is 15.9 Å². The molecule has 2 rings (SSSR count). The molecule has 1 aromatic rings. The van der Waals surface area contributed by atoms with Crippen LogP contribution in [0.25, 0.3) is 0 Å². The molecule has 1 fully saturated rings. The van der Waals surface area contributed by atoms with Gasteiger partial charge < -0.3 is 10.2 Å². The Kier molecular flexibility index (Phi) is 9.00. The molecule has 1 heterocycles. The topological polar surface area (TPSA) is 66.5 Å². The number of hydrogen-bond donors (Lipinski definition) is 1. The molecule has 0 bridgehead atoms. The van der Waals surface area contributed by atoms with Crippen molar-refractivity contribution in [2.24, 2.45) is 5.92 Å². The molecule has 1 atom stereocenters. The van der Waals surface area contributed by atoms with E-state index in [9.17, 15) is 26.4 Å². The van der Waals surface area contributed by atoms with E-state index in [1.54, 1.807) is 25.1 Å². The Hall–Kier alpha value is -2.03. The summed E-state index contributed by atoms with van der Waals surface area (Å²) in [5.74, 6) is -3.58. The number of hydrogen-bond acceptors (Lipinski definition) is 3. The van der Waals surface area contributed by atoms with Crippen LogP contribution in [0.15, 0.2) is 41.8 Å². The second-order valence-corrected chi connectivity index (χ2v) is 8.84. The quantitative estimate of drug-likeness (QED) is 0.795. The van der Waals surface area contributed by atoms with E-state index in [-0.39, 0.29) is 39.2 Å². The van der Waals surface area contributed by atoms with Gasteiger partial charge in [-0.05, 0) is 38.8 Å². The SMILES string of the molecule is C[C@@H](/C=C/S(C)(=O)=O)NC(=O)N1CCC(C(C)(F)F)CC1.Fc1ccccc1.[HH]. The van der Waals surface area contributed by atoms with E-state index >= 15 is 0 Å². The van der Waals surface area contributed by atoms with Crippen LogP contribution >= 0.6 is 0 Å². The monoisotopic (exact) mass is 422 g/mol. The summed E-state index contributed by atoms with van der Waals surface area (Å²) in [6.45, 7) is 3.11. The first-order chi connectivity index (χ1) is 12.9. The maximum atomic E-state index is 13.2. The van der Waals surface area contributed by atoms with Gasteiger partial charge in [-0.25, -0.2) is 26.4 Å². The van der Waals surface area contributed by atoms with Gasteiger partial charge in [0.15, 0.2) is 9.84 Å². The van der Waals surface area contributed by atoms with Crippen molar-refractivity contribution in [3.63, 3.8) is 0 Å². The number of urea groups is 1. The third kappa shape index (κ3) is 9.77. The molecule has 1 N–H and O–H groups in total. The van der Waals surface area contributed by atoms with Gasteiger partial charge in [-0.2, -0.15) is 0 Å². The summed E-state index contributed by atoms with van der Waals surface area (Å²) in [5.41, 5.74) is 0. The zero-order valence-corrected chi connectivity index (χ0v) is 17.1. The molecule has 0 spiro atoms. The molecule has 2 amide bonds. The number of benzene rings is 1. The molecule has 5 nitrogen and oxygen atoms in total. The second kappa shape index (κ2) is 10.5. The molecule has 9 heteroatoms. The van der Waals surface area contributed by atoms with Crippen LogP contribution < -0.4 is 5.32 Å². The zero-order chi connectivity index (χ0) is 21.4. The van der Waals surface area contributed by atoms with Crippen molar-refractivity contribution in [2.45, 2.75) is 38.7 Å². The Bertz CT molecular complexity index is 748.